The van der Waals surface area contributed by atoms with Crippen LogP contribution in [0.3, 0.4) is 0 Å². The number of hydrogen-bond acceptors (Lipinski definition) is 4. The lowest BCUT2D eigenvalue weighted by molar-refractivity contribution is 0.669. The van der Waals surface area contributed by atoms with E-state index in [9.17, 15) is 0 Å². The molecule has 0 fully saturated rings. The number of fused-ring (bicyclic) bond motifs is 6. The van der Waals surface area contributed by atoms with Crippen molar-refractivity contribution in [2.24, 2.45) is 0 Å². The molecule has 0 aliphatic heterocycles. The molecule has 0 N–H and O–H groups in total. The minimum absolute atomic E-state index is 0.611. The Hall–Kier alpha value is -6.07. The van der Waals surface area contributed by atoms with Gasteiger partial charge in [0.15, 0.2) is 17.5 Å². The molecule has 0 bridgehead atoms. The van der Waals surface area contributed by atoms with Crippen LogP contribution in [0, 0.1) is 6.92 Å². The lowest BCUT2D eigenvalue weighted by atomic mass is 10.0. The van der Waals surface area contributed by atoms with Crippen LogP contribution < -0.4 is 0 Å². The second-order valence-corrected chi connectivity index (χ2v) is 11.4. The van der Waals surface area contributed by atoms with Gasteiger partial charge in [-0.3, -0.25) is 0 Å². The summed E-state index contributed by atoms with van der Waals surface area (Å²) in [6, 6.07) is 47.9. The first-order chi connectivity index (χ1) is 22.2. The maximum atomic E-state index is 6.62. The quantitative estimate of drug-likeness (QED) is 0.208. The number of para-hydroxylation sites is 2. The van der Waals surface area contributed by atoms with E-state index in [-0.39, 0.29) is 0 Å². The van der Waals surface area contributed by atoms with Crippen molar-refractivity contribution in [1.82, 2.24) is 19.5 Å². The summed E-state index contributed by atoms with van der Waals surface area (Å²) in [5.41, 5.74) is 9.01. The molecule has 0 saturated heterocycles. The van der Waals surface area contributed by atoms with Crippen LogP contribution in [-0.2, 0) is 0 Å². The second-order valence-electron chi connectivity index (χ2n) is 11.4. The topological polar surface area (TPSA) is 56.7 Å². The van der Waals surface area contributed by atoms with Gasteiger partial charge in [-0.25, -0.2) is 15.0 Å². The van der Waals surface area contributed by atoms with Crippen LogP contribution in [0.2, 0.25) is 0 Å². The summed E-state index contributed by atoms with van der Waals surface area (Å²) in [6.07, 6.45) is 0. The molecule has 5 heteroatoms. The molecule has 212 valence electrons. The Balaban J connectivity index is 1.27. The van der Waals surface area contributed by atoms with Gasteiger partial charge in [-0.1, -0.05) is 97.1 Å². The molecule has 0 radical (unpaired) electrons. The number of hydrogen-bond donors (Lipinski definition) is 0. The van der Waals surface area contributed by atoms with Gasteiger partial charge in [-0.2, -0.15) is 0 Å². The molecule has 0 aliphatic carbocycles. The van der Waals surface area contributed by atoms with E-state index in [0.717, 1.165) is 60.8 Å². The average Bonchev–Trinajstić information content (AvgIpc) is 3.63. The predicted octanol–water partition coefficient (Wildman–Crippen LogP) is 10.2. The van der Waals surface area contributed by atoms with Gasteiger partial charge in [0.25, 0.3) is 0 Å². The number of benzene rings is 6. The lowest BCUT2D eigenvalue weighted by Crippen LogP contribution is -2.00. The summed E-state index contributed by atoms with van der Waals surface area (Å²) in [6.45, 7) is 2.13. The molecule has 5 nitrogen and oxygen atoms in total. The maximum absolute atomic E-state index is 6.62. The third-order valence-corrected chi connectivity index (χ3v) is 8.53. The van der Waals surface area contributed by atoms with Gasteiger partial charge in [-0.05, 0) is 55.0 Å². The van der Waals surface area contributed by atoms with Crippen molar-refractivity contribution in [3.05, 3.63) is 145 Å². The van der Waals surface area contributed by atoms with Crippen molar-refractivity contribution in [3.8, 4) is 39.9 Å². The molecule has 0 saturated carbocycles. The third-order valence-electron chi connectivity index (χ3n) is 8.53. The highest BCUT2D eigenvalue weighted by atomic mass is 16.3. The molecule has 0 amide bonds. The Kier molecular flexibility index (Phi) is 5.65. The Labute approximate surface area is 259 Å². The fourth-order valence-corrected chi connectivity index (χ4v) is 6.50. The average molecular weight is 579 g/mol. The Morgan fingerprint density at radius 1 is 0.467 bits per heavy atom. The molecular weight excluding hydrogens is 552 g/mol. The molecule has 6 aromatic carbocycles. The Morgan fingerprint density at radius 3 is 1.71 bits per heavy atom. The zero-order valence-electron chi connectivity index (χ0n) is 24.5. The normalized spacial score (nSPS) is 11.7. The van der Waals surface area contributed by atoms with Crippen molar-refractivity contribution in [2.75, 3.05) is 0 Å². The zero-order chi connectivity index (χ0) is 29.9. The molecule has 3 heterocycles. The number of furan rings is 1. The number of aromatic nitrogens is 4. The number of aryl methyl sites for hydroxylation is 1. The highest BCUT2D eigenvalue weighted by Gasteiger charge is 2.19. The van der Waals surface area contributed by atoms with E-state index in [1.54, 1.807) is 0 Å². The summed E-state index contributed by atoms with van der Waals surface area (Å²) in [4.78, 5) is 14.8. The smallest absolute Gasteiger partial charge is 0.164 e. The summed E-state index contributed by atoms with van der Waals surface area (Å²) in [5, 5.41) is 4.55. The SMILES string of the molecule is Cc1cc(-c2nc(-c3ccccc3)nc(-c3ccccc3)n2)cc2oc3cc4c5ccccc5n(-c5ccccc5)c4cc3c12. The third kappa shape index (κ3) is 4.13. The van der Waals surface area contributed by atoms with E-state index < -0.39 is 0 Å². The van der Waals surface area contributed by atoms with E-state index in [1.807, 2.05) is 60.7 Å². The van der Waals surface area contributed by atoms with Crippen LogP contribution in [0.1, 0.15) is 5.56 Å². The van der Waals surface area contributed by atoms with E-state index in [1.165, 1.54) is 10.9 Å². The van der Waals surface area contributed by atoms with Crippen LogP contribution in [-0.4, -0.2) is 19.5 Å². The molecule has 0 aliphatic rings. The van der Waals surface area contributed by atoms with E-state index in [0.29, 0.717) is 17.5 Å². The Morgan fingerprint density at radius 2 is 1.04 bits per heavy atom. The first-order valence-electron chi connectivity index (χ1n) is 15.0. The first-order valence-corrected chi connectivity index (χ1v) is 15.0. The fourth-order valence-electron chi connectivity index (χ4n) is 6.50. The molecular formula is C40H26N4O. The molecule has 0 spiro atoms. The van der Waals surface area contributed by atoms with Gasteiger partial charge in [0.2, 0.25) is 0 Å². The van der Waals surface area contributed by atoms with Crippen LogP contribution in [0.5, 0.6) is 0 Å². The van der Waals surface area contributed by atoms with Crippen molar-refractivity contribution in [1.29, 1.82) is 0 Å². The molecule has 9 aromatic rings. The fraction of sp³-hybridized carbons (Fsp3) is 0.0250. The van der Waals surface area contributed by atoms with Gasteiger partial charge in [-0.15, -0.1) is 0 Å². The largest absolute Gasteiger partial charge is 0.456 e. The van der Waals surface area contributed by atoms with Gasteiger partial charge in [0.05, 0.1) is 11.0 Å². The molecule has 0 atom stereocenters. The molecule has 3 aromatic heterocycles. The first kappa shape index (κ1) is 25.4. The van der Waals surface area contributed by atoms with Gasteiger partial charge in [0, 0.05) is 43.9 Å². The van der Waals surface area contributed by atoms with Crippen LogP contribution in [0.15, 0.2) is 144 Å². The van der Waals surface area contributed by atoms with Crippen molar-refractivity contribution < 1.29 is 4.42 Å². The minimum Gasteiger partial charge on any atom is -0.456 e. The van der Waals surface area contributed by atoms with E-state index in [2.05, 4.69) is 90.4 Å². The molecule has 0 unspecified atom stereocenters. The van der Waals surface area contributed by atoms with Crippen molar-refractivity contribution >= 4 is 43.7 Å². The van der Waals surface area contributed by atoms with Crippen molar-refractivity contribution in [2.45, 2.75) is 6.92 Å². The summed E-state index contributed by atoms with van der Waals surface area (Å²) in [7, 11) is 0. The highest BCUT2D eigenvalue weighted by molar-refractivity contribution is 6.17. The van der Waals surface area contributed by atoms with Gasteiger partial charge in [0.1, 0.15) is 11.2 Å². The number of nitrogens with zero attached hydrogens (tertiary/aromatic N) is 4. The molecule has 9 rings (SSSR count). The second kappa shape index (κ2) is 10.00. The van der Waals surface area contributed by atoms with Crippen molar-refractivity contribution in [3.63, 3.8) is 0 Å². The minimum atomic E-state index is 0.611. The number of rotatable bonds is 4. The van der Waals surface area contributed by atoms with E-state index in [4.69, 9.17) is 19.4 Å². The van der Waals surface area contributed by atoms with Crippen LogP contribution in [0.4, 0.5) is 0 Å². The summed E-state index contributed by atoms with van der Waals surface area (Å²) >= 11 is 0. The maximum Gasteiger partial charge on any atom is 0.164 e. The zero-order valence-corrected chi connectivity index (χ0v) is 24.5. The Bertz CT molecular complexity index is 2470. The van der Waals surface area contributed by atoms with E-state index >= 15 is 0 Å². The summed E-state index contributed by atoms with van der Waals surface area (Å²) < 4.78 is 8.96. The molecule has 45 heavy (non-hydrogen) atoms. The lowest BCUT2D eigenvalue weighted by Gasteiger charge is -2.09. The standard InChI is InChI=1S/C40H26N4O/c1-25-21-28(40-42-38(26-13-5-2-6-14-26)41-39(43-40)27-15-7-3-8-16-27)22-36-37(25)32-23-34-31(24-35(32)45-36)30-19-11-12-20-33(30)44(34)29-17-9-4-10-18-29/h2-24H,1H3. The summed E-state index contributed by atoms with van der Waals surface area (Å²) in [5.74, 6) is 1.88. The predicted molar refractivity (Wildman–Crippen MR) is 182 cm³/mol. The highest BCUT2D eigenvalue weighted by Crippen LogP contribution is 2.40. The van der Waals surface area contributed by atoms with Gasteiger partial charge >= 0.3 is 0 Å². The van der Waals surface area contributed by atoms with Gasteiger partial charge < -0.3 is 8.98 Å². The van der Waals surface area contributed by atoms with Crippen LogP contribution >= 0.6 is 0 Å². The van der Waals surface area contributed by atoms with Crippen LogP contribution in [0.25, 0.3) is 83.6 Å². The monoisotopic (exact) mass is 578 g/mol.